The van der Waals surface area contributed by atoms with E-state index in [1.54, 1.807) is 4.68 Å². The number of carboxylic acid groups (broad SMARTS) is 1. The first-order valence-electron chi connectivity index (χ1n) is 13.6. The highest BCUT2D eigenvalue weighted by atomic mass is 35.5. The van der Waals surface area contributed by atoms with Crippen molar-refractivity contribution < 1.29 is 9.90 Å². The van der Waals surface area contributed by atoms with E-state index in [-0.39, 0.29) is 23.1 Å². The molecule has 0 spiro atoms. The van der Waals surface area contributed by atoms with E-state index in [4.69, 9.17) is 16.7 Å². The van der Waals surface area contributed by atoms with Gasteiger partial charge in [-0.1, -0.05) is 62.7 Å². The molecule has 3 aromatic rings. The molecular weight excluding hydrogens is 500 g/mol. The van der Waals surface area contributed by atoms with Gasteiger partial charge in [0.1, 0.15) is 0 Å². The molecule has 2 N–H and O–H groups in total. The highest BCUT2D eigenvalue weighted by Gasteiger charge is 2.27. The SMILES string of the molecule is CC(C)(C)C(CCCN1CCCC(n2nc(Cc3ccc(Cl)cc3)c3ccccc3c2=O)CC1)NC(=O)O. The molecule has 1 saturated heterocycles. The molecule has 1 aliphatic rings. The lowest BCUT2D eigenvalue weighted by atomic mass is 9.84. The summed E-state index contributed by atoms with van der Waals surface area (Å²) < 4.78 is 1.74. The molecule has 0 radical (unpaired) electrons. The van der Waals surface area contributed by atoms with E-state index in [1.807, 2.05) is 48.5 Å². The minimum absolute atomic E-state index is 0.0216. The number of rotatable bonds is 8. The molecule has 8 heteroatoms. The van der Waals surface area contributed by atoms with Crippen LogP contribution in [0.25, 0.3) is 10.8 Å². The standard InChI is InChI=1S/C30H39ClN4O3/c1-30(2,3)27(32-29(37)38)11-7-18-34-17-6-8-23(16-19-34)35-28(36)25-10-5-4-9-24(25)26(33-35)20-21-12-14-22(31)15-13-21/h4-5,9-10,12-15,23,27,32H,6-8,11,16-20H2,1-3H3,(H,37,38). The second-order valence-electron chi connectivity index (χ2n) is 11.5. The Morgan fingerprint density at radius 3 is 2.50 bits per heavy atom. The number of likely N-dealkylation sites (tertiary alicyclic amines) is 1. The van der Waals surface area contributed by atoms with Crippen LogP contribution in [-0.2, 0) is 6.42 Å². The molecule has 1 amide bonds. The Balaban J connectivity index is 1.47. The quantitative estimate of drug-likeness (QED) is 0.360. The average molecular weight is 539 g/mol. The van der Waals surface area contributed by atoms with Crippen molar-refractivity contribution in [2.24, 2.45) is 5.41 Å². The molecular formula is C30H39ClN4O3. The molecule has 204 valence electrons. The molecule has 38 heavy (non-hydrogen) atoms. The maximum atomic E-state index is 13.5. The van der Waals surface area contributed by atoms with Gasteiger partial charge in [-0.25, -0.2) is 9.48 Å². The van der Waals surface area contributed by atoms with Gasteiger partial charge >= 0.3 is 6.09 Å². The smallest absolute Gasteiger partial charge is 0.404 e. The van der Waals surface area contributed by atoms with Crippen molar-refractivity contribution in [1.82, 2.24) is 20.0 Å². The molecule has 2 atom stereocenters. The molecule has 2 aromatic carbocycles. The van der Waals surface area contributed by atoms with Crippen LogP contribution in [0, 0.1) is 5.41 Å². The first-order chi connectivity index (χ1) is 18.1. The molecule has 4 rings (SSSR count). The molecule has 1 aromatic heterocycles. The van der Waals surface area contributed by atoms with Crippen LogP contribution in [0.2, 0.25) is 5.02 Å². The van der Waals surface area contributed by atoms with Gasteiger partial charge in [-0.05, 0) is 74.4 Å². The first-order valence-corrected chi connectivity index (χ1v) is 14.0. The fraction of sp³-hybridized carbons (Fsp3) is 0.500. The van der Waals surface area contributed by atoms with Crippen molar-refractivity contribution in [3.63, 3.8) is 0 Å². The predicted molar refractivity (Wildman–Crippen MR) is 153 cm³/mol. The van der Waals surface area contributed by atoms with Crippen LogP contribution in [-0.4, -0.2) is 51.6 Å². The number of halogens is 1. The van der Waals surface area contributed by atoms with Crippen molar-refractivity contribution in [3.05, 3.63) is 75.2 Å². The highest BCUT2D eigenvalue weighted by Crippen LogP contribution is 2.26. The fourth-order valence-electron chi connectivity index (χ4n) is 5.44. The van der Waals surface area contributed by atoms with E-state index in [0.29, 0.717) is 16.8 Å². The lowest BCUT2D eigenvalue weighted by molar-refractivity contribution is 0.168. The summed E-state index contributed by atoms with van der Waals surface area (Å²) in [5.41, 5.74) is 1.86. The normalized spacial score (nSPS) is 17.7. The van der Waals surface area contributed by atoms with Gasteiger partial charge in [0.25, 0.3) is 5.56 Å². The number of nitrogens with one attached hydrogen (secondary N) is 1. The van der Waals surface area contributed by atoms with Crippen LogP contribution in [0.5, 0.6) is 0 Å². The topological polar surface area (TPSA) is 87.5 Å². The summed E-state index contributed by atoms with van der Waals surface area (Å²) in [5.74, 6) is 0. The van der Waals surface area contributed by atoms with Gasteiger partial charge in [0, 0.05) is 29.4 Å². The lowest BCUT2D eigenvalue weighted by Gasteiger charge is -2.31. The second-order valence-corrected chi connectivity index (χ2v) is 11.9. The molecule has 1 aliphatic heterocycles. The van der Waals surface area contributed by atoms with E-state index in [9.17, 15) is 14.7 Å². The molecule has 0 saturated carbocycles. The molecule has 1 fully saturated rings. The monoisotopic (exact) mass is 538 g/mol. The van der Waals surface area contributed by atoms with Gasteiger partial charge in [0.15, 0.2) is 0 Å². The van der Waals surface area contributed by atoms with E-state index < -0.39 is 6.09 Å². The Hall–Kier alpha value is -2.90. The van der Waals surface area contributed by atoms with Crippen LogP contribution in [0.1, 0.15) is 70.2 Å². The minimum Gasteiger partial charge on any atom is -0.465 e. The largest absolute Gasteiger partial charge is 0.465 e. The zero-order valence-corrected chi connectivity index (χ0v) is 23.4. The van der Waals surface area contributed by atoms with Gasteiger partial charge < -0.3 is 15.3 Å². The summed E-state index contributed by atoms with van der Waals surface area (Å²) in [5, 5.41) is 19.2. The molecule has 0 aliphatic carbocycles. The van der Waals surface area contributed by atoms with Crippen molar-refractivity contribution in [3.8, 4) is 0 Å². The molecule has 7 nitrogen and oxygen atoms in total. The van der Waals surface area contributed by atoms with E-state index in [1.165, 1.54) is 0 Å². The predicted octanol–water partition coefficient (Wildman–Crippen LogP) is 6.13. The average Bonchev–Trinajstić information content (AvgIpc) is 3.11. The maximum Gasteiger partial charge on any atom is 0.404 e. The molecule has 0 bridgehead atoms. The van der Waals surface area contributed by atoms with Crippen LogP contribution in [0.15, 0.2) is 53.3 Å². The molecule has 2 heterocycles. The second kappa shape index (κ2) is 12.3. The zero-order valence-electron chi connectivity index (χ0n) is 22.6. The van der Waals surface area contributed by atoms with Crippen molar-refractivity contribution >= 4 is 28.5 Å². The van der Waals surface area contributed by atoms with E-state index in [2.05, 4.69) is 31.0 Å². The van der Waals surface area contributed by atoms with E-state index in [0.717, 1.165) is 68.4 Å². The number of nitrogens with zero attached hydrogens (tertiary/aromatic N) is 3. The van der Waals surface area contributed by atoms with Crippen molar-refractivity contribution in [2.45, 2.75) is 71.4 Å². The Morgan fingerprint density at radius 2 is 1.82 bits per heavy atom. The van der Waals surface area contributed by atoms with Gasteiger partial charge in [0.05, 0.1) is 17.1 Å². The summed E-state index contributed by atoms with van der Waals surface area (Å²) in [7, 11) is 0. The third-order valence-corrected chi connectivity index (χ3v) is 7.89. The summed E-state index contributed by atoms with van der Waals surface area (Å²) in [6.07, 6.45) is 4.16. The third-order valence-electron chi connectivity index (χ3n) is 7.64. The van der Waals surface area contributed by atoms with Gasteiger partial charge in [-0.3, -0.25) is 4.79 Å². The van der Waals surface area contributed by atoms with Crippen LogP contribution >= 0.6 is 11.6 Å². The highest BCUT2D eigenvalue weighted by molar-refractivity contribution is 6.30. The summed E-state index contributed by atoms with van der Waals surface area (Å²) >= 11 is 6.08. The van der Waals surface area contributed by atoms with E-state index >= 15 is 0 Å². The Bertz CT molecular complexity index is 1300. The van der Waals surface area contributed by atoms with Gasteiger partial charge in [-0.15, -0.1) is 0 Å². The minimum atomic E-state index is -0.966. The molecule has 2 unspecified atom stereocenters. The number of hydrogen-bond acceptors (Lipinski definition) is 4. The van der Waals surface area contributed by atoms with Gasteiger partial charge in [-0.2, -0.15) is 5.10 Å². The summed E-state index contributed by atoms with van der Waals surface area (Å²) in [6, 6.07) is 15.5. The van der Waals surface area contributed by atoms with Crippen LogP contribution in [0.3, 0.4) is 0 Å². The Morgan fingerprint density at radius 1 is 1.11 bits per heavy atom. The number of amides is 1. The Labute approximate surface area is 229 Å². The number of benzene rings is 2. The maximum absolute atomic E-state index is 13.5. The first kappa shape index (κ1) is 28.1. The van der Waals surface area contributed by atoms with Crippen LogP contribution < -0.4 is 10.9 Å². The van der Waals surface area contributed by atoms with Crippen molar-refractivity contribution in [2.75, 3.05) is 19.6 Å². The summed E-state index contributed by atoms with van der Waals surface area (Å²) in [4.78, 5) is 27.2. The zero-order chi connectivity index (χ0) is 27.3. The number of hydrogen-bond donors (Lipinski definition) is 2. The van der Waals surface area contributed by atoms with Gasteiger partial charge in [0.2, 0.25) is 0 Å². The third kappa shape index (κ3) is 7.14. The van der Waals surface area contributed by atoms with Crippen LogP contribution in [0.4, 0.5) is 4.79 Å². The number of carbonyl (C=O) groups is 1. The van der Waals surface area contributed by atoms with Crippen molar-refractivity contribution in [1.29, 1.82) is 0 Å². The lowest BCUT2D eigenvalue weighted by Crippen LogP contribution is -2.43. The number of fused-ring (bicyclic) bond motifs is 1. The number of aromatic nitrogens is 2. The summed E-state index contributed by atoms with van der Waals surface area (Å²) in [6.45, 7) is 9.00. The Kier molecular flexibility index (Phi) is 9.11. The fourth-order valence-corrected chi connectivity index (χ4v) is 5.57.